The van der Waals surface area contributed by atoms with Crippen LogP contribution in [0.15, 0.2) is 0 Å². The lowest BCUT2D eigenvalue weighted by atomic mass is 9.81. The Morgan fingerprint density at radius 2 is 2.00 bits per heavy atom. The number of rotatable bonds is 0. The van der Waals surface area contributed by atoms with Gasteiger partial charge in [0, 0.05) is 12.0 Å². The van der Waals surface area contributed by atoms with E-state index in [2.05, 4.69) is 11.7 Å². The third kappa shape index (κ3) is 1.26. The molecule has 0 aromatic heterocycles. The van der Waals surface area contributed by atoms with Crippen molar-refractivity contribution in [1.82, 2.24) is 5.32 Å². The fourth-order valence-electron chi connectivity index (χ4n) is 2.17. The van der Waals surface area contributed by atoms with Crippen LogP contribution < -0.4 is 5.32 Å². The molecular formula is C9H14NO. The maximum absolute atomic E-state index is 11.0. The average Bonchev–Trinajstić information content (AvgIpc) is 2.34. The SMILES string of the molecule is O=C1CCC2(CC[CH]CC2)N1. The van der Waals surface area contributed by atoms with E-state index in [0.29, 0.717) is 0 Å². The second-order valence-electron chi connectivity index (χ2n) is 3.69. The summed E-state index contributed by atoms with van der Waals surface area (Å²) in [6, 6.07) is 0. The lowest BCUT2D eigenvalue weighted by Gasteiger charge is -2.32. The maximum atomic E-state index is 11.0. The molecule has 1 saturated carbocycles. The van der Waals surface area contributed by atoms with Crippen LogP contribution in [0.1, 0.15) is 38.5 Å². The molecule has 2 rings (SSSR count). The predicted octanol–water partition coefficient (Wildman–Crippen LogP) is 1.41. The molecule has 2 aliphatic rings. The molecule has 0 aromatic carbocycles. The summed E-state index contributed by atoms with van der Waals surface area (Å²) in [6.07, 6.45) is 8.84. The van der Waals surface area contributed by atoms with E-state index in [4.69, 9.17) is 0 Å². The molecule has 1 radical (unpaired) electrons. The lowest BCUT2D eigenvalue weighted by molar-refractivity contribution is -0.119. The highest BCUT2D eigenvalue weighted by atomic mass is 16.2. The van der Waals surface area contributed by atoms with Gasteiger partial charge in [0.2, 0.25) is 5.91 Å². The molecule has 1 aliphatic carbocycles. The Balaban J connectivity index is 2.03. The smallest absolute Gasteiger partial charge is 0.220 e. The van der Waals surface area contributed by atoms with Gasteiger partial charge in [-0.05, 0) is 38.5 Å². The lowest BCUT2D eigenvalue weighted by Crippen LogP contribution is -2.43. The third-order valence-corrected chi connectivity index (χ3v) is 2.89. The molecule has 1 spiro atoms. The van der Waals surface area contributed by atoms with Gasteiger partial charge < -0.3 is 5.32 Å². The second-order valence-corrected chi connectivity index (χ2v) is 3.69. The predicted molar refractivity (Wildman–Crippen MR) is 42.9 cm³/mol. The molecule has 11 heavy (non-hydrogen) atoms. The molecule has 2 fully saturated rings. The van der Waals surface area contributed by atoms with Gasteiger partial charge in [0.05, 0.1) is 0 Å². The number of hydrogen-bond acceptors (Lipinski definition) is 1. The molecule has 0 atom stereocenters. The van der Waals surface area contributed by atoms with Gasteiger partial charge in [-0.1, -0.05) is 0 Å². The van der Waals surface area contributed by atoms with E-state index in [0.717, 1.165) is 12.8 Å². The Kier molecular flexibility index (Phi) is 1.63. The molecule has 61 valence electrons. The van der Waals surface area contributed by atoms with Crippen molar-refractivity contribution in [2.45, 2.75) is 44.1 Å². The van der Waals surface area contributed by atoms with Gasteiger partial charge in [0.25, 0.3) is 0 Å². The standard InChI is InChI=1S/C9H14NO/c11-8-4-7-9(10-8)5-2-1-3-6-9/h1H,2-7H2,(H,10,11). The highest BCUT2D eigenvalue weighted by Gasteiger charge is 2.37. The van der Waals surface area contributed by atoms with Crippen LogP contribution in [-0.2, 0) is 4.79 Å². The topological polar surface area (TPSA) is 29.1 Å². The van der Waals surface area contributed by atoms with E-state index in [9.17, 15) is 4.79 Å². The highest BCUT2D eigenvalue weighted by Crippen LogP contribution is 2.34. The van der Waals surface area contributed by atoms with E-state index < -0.39 is 0 Å². The summed E-state index contributed by atoms with van der Waals surface area (Å²) in [5.74, 6) is 0.256. The summed E-state index contributed by atoms with van der Waals surface area (Å²) in [5.41, 5.74) is 0.214. The van der Waals surface area contributed by atoms with Gasteiger partial charge >= 0.3 is 0 Å². The first-order valence-corrected chi connectivity index (χ1v) is 4.43. The van der Waals surface area contributed by atoms with E-state index in [-0.39, 0.29) is 11.4 Å². The molecule has 1 saturated heterocycles. The number of carbonyl (C=O) groups is 1. The molecule has 1 N–H and O–H groups in total. The Bertz CT molecular complexity index is 170. The van der Waals surface area contributed by atoms with Crippen LogP contribution in [0.2, 0.25) is 0 Å². The summed E-state index contributed by atoms with van der Waals surface area (Å²) in [5, 5.41) is 3.11. The van der Waals surface area contributed by atoms with Gasteiger partial charge in [-0.3, -0.25) is 4.79 Å². The zero-order valence-corrected chi connectivity index (χ0v) is 6.73. The number of carbonyl (C=O) groups excluding carboxylic acids is 1. The summed E-state index contributed by atoms with van der Waals surface area (Å²) in [7, 11) is 0. The minimum atomic E-state index is 0.214. The van der Waals surface area contributed by atoms with Gasteiger partial charge in [-0.15, -0.1) is 0 Å². The number of nitrogens with one attached hydrogen (secondary N) is 1. The second kappa shape index (κ2) is 2.50. The minimum absolute atomic E-state index is 0.214. The van der Waals surface area contributed by atoms with Crippen molar-refractivity contribution in [3.05, 3.63) is 6.42 Å². The zero-order valence-electron chi connectivity index (χ0n) is 6.73. The first kappa shape index (κ1) is 7.14. The average molecular weight is 152 g/mol. The Morgan fingerprint density at radius 1 is 1.27 bits per heavy atom. The summed E-state index contributed by atoms with van der Waals surface area (Å²) >= 11 is 0. The third-order valence-electron chi connectivity index (χ3n) is 2.89. The summed E-state index contributed by atoms with van der Waals surface area (Å²) < 4.78 is 0. The quantitative estimate of drug-likeness (QED) is 0.558. The minimum Gasteiger partial charge on any atom is -0.351 e. The molecule has 2 heteroatoms. The summed E-state index contributed by atoms with van der Waals surface area (Å²) in [4.78, 5) is 11.0. The van der Waals surface area contributed by atoms with Gasteiger partial charge in [0.1, 0.15) is 0 Å². The largest absolute Gasteiger partial charge is 0.351 e. The van der Waals surface area contributed by atoms with Gasteiger partial charge in [0.15, 0.2) is 0 Å². The first-order chi connectivity index (χ1) is 5.31. The highest BCUT2D eigenvalue weighted by molar-refractivity contribution is 5.79. The normalized spacial score (nSPS) is 28.9. The fourth-order valence-corrected chi connectivity index (χ4v) is 2.17. The molecular weight excluding hydrogens is 138 g/mol. The van der Waals surface area contributed by atoms with Gasteiger partial charge in [-0.25, -0.2) is 0 Å². The molecule has 0 unspecified atom stereocenters. The van der Waals surface area contributed by atoms with Crippen LogP contribution in [-0.4, -0.2) is 11.4 Å². The Morgan fingerprint density at radius 3 is 2.55 bits per heavy atom. The van der Waals surface area contributed by atoms with Crippen LogP contribution in [0, 0.1) is 6.42 Å². The monoisotopic (exact) mass is 152 g/mol. The molecule has 1 heterocycles. The van der Waals surface area contributed by atoms with E-state index >= 15 is 0 Å². The van der Waals surface area contributed by atoms with E-state index in [1.165, 1.54) is 25.7 Å². The Hall–Kier alpha value is -0.530. The zero-order chi connectivity index (χ0) is 7.73. The number of amides is 1. The van der Waals surface area contributed by atoms with Crippen molar-refractivity contribution < 1.29 is 4.79 Å². The van der Waals surface area contributed by atoms with Crippen molar-refractivity contribution in [3.63, 3.8) is 0 Å². The van der Waals surface area contributed by atoms with E-state index in [1.807, 2.05) is 0 Å². The molecule has 0 aromatic rings. The van der Waals surface area contributed by atoms with Crippen LogP contribution >= 0.6 is 0 Å². The Labute approximate surface area is 67.4 Å². The molecule has 1 amide bonds. The maximum Gasteiger partial charge on any atom is 0.220 e. The fraction of sp³-hybridized carbons (Fsp3) is 0.778. The van der Waals surface area contributed by atoms with E-state index in [1.54, 1.807) is 0 Å². The van der Waals surface area contributed by atoms with Crippen LogP contribution in [0.3, 0.4) is 0 Å². The molecule has 1 aliphatic heterocycles. The summed E-state index contributed by atoms with van der Waals surface area (Å²) in [6.45, 7) is 0. The van der Waals surface area contributed by atoms with Crippen molar-refractivity contribution >= 4 is 5.91 Å². The van der Waals surface area contributed by atoms with Crippen molar-refractivity contribution in [2.24, 2.45) is 0 Å². The van der Waals surface area contributed by atoms with Gasteiger partial charge in [-0.2, -0.15) is 0 Å². The molecule has 0 bridgehead atoms. The van der Waals surface area contributed by atoms with Crippen LogP contribution in [0.5, 0.6) is 0 Å². The van der Waals surface area contributed by atoms with Crippen molar-refractivity contribution in [1.29, 1.82) is 0 Å². The van der Waals surface area contributed by atoms with Crippen molar-refractivity contribution in [2.75, 3.05) is 0 Å². The molecule has 2 nitrogen and oxygen atoms in total. The van der Waals surface area contributed by atoms with Crippen LogP contribution in [0.25, 0.3) is 0 Å². The van der Waals surface area contributed by atoms with Crippen molar-refractivity contribution in [3.8, 4) is 0 Å². The van der Waals surface area contributed by atoms with Crippen LogP contribution in [0.4, 0.5) is 0 Å². The number of hydrogen-bond donors (Lipinski definition) is 1. The first-order valence-electron chi connectivity index (χ1n) is 4.43.